The molecule has 0 aromatic heterocycles. The predicted molar refractivity (Wildman–Crippen MR) is 70.2 cm³/mol. The van der Waals surface area contributed by atoms with Gasteiger partial charge in [-0.15, -0.1) is 0 Å². The van der Waals surface area contributed by atoms with Crippen LogP contribution < -0.4 is 16.4 Å². The normalized spacial score (nSPS) is 26.1. The van der Waals surface area contributed by atoms with Gasteiger partial charge in [0.05, 0.1) is 0 Å². The van der Waals surface area contributed by atoms with Crippen molar-refractivity contribution in [1.82, 2.24) is 10.6 Å². The number of nitrogens with one attached hydrogen (secondary N) is 2. The fraction of sp³-hybridized carbons (Fsp3) is 0.667. The molecule has 2 aliphatic heterocycles. The van der Waals surface area contributed by atoms with Gasteiger partial charge >= 0.3 is 0 Å². The largest absolute Gasteiger partial charge is 0.409 e. The van der Waals surface area contributed by atoms with Crippen LogP contribution in [0.25, 0.3) is 0 Å². The minimum Gasteiger partial charge on any atom is -0.409 e. The molecule has 0 saturated carbocycles. The molecular weight excluding hydrogens is 280 g/mol. The lowest BCUT2D eigenvalue weighted by atomic mass is 9.77. The van der Waals surface area contributed by atoms with Crippen LogP contribution in [-0.4, -0.2) is 48.0 Å². The van der Waals surface area contributed by atoms with Crippen molar-refractivity contribution in [3.8, 4) is 0 Å². The Balaban J connectivity index is 2.12. The molecule has 2 rings (SSSR count). The summed E-state index contributed by atoms with van der Waals surface area (Å²) in [7, 11) is 0. The number of rotatable bonds is 3. The van der Waals surface area contributed by atoms with E-state index < -0.39 is 23.3 Å². The second-order valence-corrected chi connectivity index (χ2v) is 5.16. The van der Waals surface area contributed by atoms with Crippen LogP contribution in [0.5, 0.6) is 0 Å². The van der Waals surface area contributed by atoms with Gasteiger partial charge in [-0.1, -0.05) is 5.16 Å². The minimum absolute atomic E-state index is 0.163. The number of amidine groups is 1. The first-order valence-electron chi connectivity index (χ1n) is 6.70. The van der Waals surface area contributed by atoms with Gasteiger partial charge in [0.1, 0.15) is 11.5 Å². The number of nitrogens with zero attached hydrogens (tertiary/aromatic N) is 1. The average molecular weight is 298 g/mol. The van der Waals surface area contributed by atoms with Crippen LogP contribution in [0.3, 0.4) is 0 Å². The van der Waals surface area contributed by atoms with Crippen molar-refractivity contribution in [2.75, 3.05) is 13.2 Å². The standard InChI is InChI=1S/C12H18N4O5/c13-10(16-20)12(3-5-21-6-4-12)11(19)14-7-1-2-8(17)15-9(7)18/h7,20H,1-6H2,(H2,13,16)(H,14,19)(H,15,17,18). The molecule has 0 spiro atoms. The molecule has 0 aromatic carbocycles. The highest BCUT2D eigenvalue weighted by molar-refractivity contribution is 6.09. The van der Waals surface area contributed by atoms with Crippen LogP contribution in [0.1, 0.15) is 25.7 Å². The van der Waals surface area contributed by atoms with Gasteiger partial charge in [-0.25, -0.2) is 0 Å². The van der Waals surface area contributed by atoms with Gasteiger partial charge in [0, 0.05) is 19.6 Å². The maximum Gasteiger partial charge on any atom is 0.249 e. The molecule has 0 bridgehead atoms. The predicted octanol–water partition coefficient (Wildman–Crippen LogP) is -1.55. The van der Waals surface area contributed by atoms with Gasteiger partial charge in [-0.2, -0.15) is 0 Å². The molecule has 0 aliphatic carbocycles. The average Bonchev–Trinajstić information content (AvgIpc) is 2.49. The molecule has 2 fully saturated rings. The highest BCUT2D eigenvalue weighted by Crippen LogP contribution is 2.31. The van der Waals surface area contributed by atoms with Gasteiger partial charge in [0.2, 0.25) is 17.7 Å². The Morgan fingerprint density at radius 3 is 2.67 bits per heavy atom. The summed E-state index contributed by atoms with van der Waals surface area (Å²) in [5.41, 5.74) is 4.49. The second kappa shape index (κ2) is 6.08. The number of nitrogens with two attached hydrogens (primary N) is 1. The van der Waals surface area contributed by atoms with Crippen LogP contribution in [0.15, 0.2) is 5.16 Å². The maximum atomic E-state index is 12.5. The molecule has 1 atom stereocenters. The Hall–Kier alpha value is -2.16. The van der Waals surface area contributed by atoms with E-state index in [0.717, 1.165) is 0 Å². The summed E-state index contributed by atoms with van der Waals surface area (Å²) < 4.78 is 5.20. The first-order valence-corrected chi connectivity index (χ1v) is 6.70. The molecule has 3 amide bonds. The van der Waals surface area contributed by atoms with Gasteiger partial charge in [0.15, 0.2) is 5.84 Å². The van der Waals surface area contributed by atoms with E-state index >= 15 is 0 Å². The van der Waals surface area contributed by atoms with Crippen molar-refractivity contribution >= 4 is 23.6 Å². The number of carbonyl (C=O) groups excluding carboxylic acids is 3. The first-order chi connectivity index (χ1) is 9.99. The van der Waals surface area contributed by atoms with Crippen molar-refractivity contribution in [1.29, 1.82) is 0 Å². The van der Waals surface area contributed by atoms with Gasteiger partial charge < -0.3 is 21.0 Å². The number of amides is 3. The molecule has 5 N–H and O–H groups in total. The van der Waals surface area contributed by atoms with E-state index in [0.29, 0.717) is 13.2 Å². The monoisotopic (exact) mass is 298 g/mol. The molecule has 2 aliphatic rings. The number of oxime groups is 1. The Bertz CT molecular complexity index is 484. The second-order valence-electron chi connectivity index (χ2n) is 5.16. The fourth-order valence-electron chi connectivity index (χ4n) is 2.54. The zero-order valence-electron chi connectivity index (χ0n) is 11.4. The van der Waals surface area contributed by atoms with E-state index in [4.69, 9.17) is 15.7 Å². The molecular formula is C12H18N4O5. The van der Waals surface area contributed by atoms with E-state index in [1.54, 1.807) is 0 Å². The molecule has 21 heavy (non-hydrogen) atoms. The van der Waals surface area contributed by atoms with E-state index in [-0.39, 0.29) is 37.4 Å². The van der Waals surface area contributed by atoms with Crippen molar-refractivity contribution in [2.24, 2.45) is 16.3 Å². The maximum absolute atomic E-state index is 12.5. The van der Waals surface area contributed by atoms with Crippen LogP contribution in [0.2, 0.25) is 0 Å². The fourth-order valence-corrected chi connectivity index (χ4v) is 2.54. The van der Waals surface area contributed by atoms with Crippen molar-refractivity contribution in [3.63, 3.8) is 0 Å². The molecule has 0 radical (unpaired) electrons. The summed E-state index contributed by atoms with van der Waals surface area (Å²) in [6.07, 6.45) is 0.930. The topological polar surface area (TPSA) is 143 Å². The molecule has 9 nitrogen and oxygen atoms in total. The SMILES string of the molecule is NC(=NO)C1(C(=O)NC2CCC(=O)NC2=O)CCOCC1. The Morgan fingerprint density at radius 1 is 1.43 bits per heavy atom. The summed E-state index contributed by atoms with van der Waals surface area (Å²) in [6, 6.07) is -0.790. The number of carbonyl (C=O) groups is 3. The Kier molecular flexibility index (Phi) is 4.41. The third kappa shape index (κ3) is 2.97. The lowest BCUT2D eigenvalue weighted by Crippen LogP contribution is -2.59. The van der Waals surface area contributed by atoms with Gasteiger partial charge in [0.25, 0.3) is 0 Å². The van der Waals surface area contributed by atoms with E-state index in [9.17, 15) is 14.4 Å². The lowest BCUT2D eigenvalue weighted by molar-refractivity contribution is -0.140. The van der Waals surface area contributed by atoms with Crippen molar-refractivity contribution in [3.05, 3.63) is 0 Å². The van der Waals surface area contributed by atoms with Crippen molar-refractivity contribution in [2.45, 2.75) is 31.7 Å². The van der Waals surface area contributed by atoms with E-state index in [1.165, 1.54) is 0 Å². The summed E-state index contributed by atoms with van der Waals surface area (Å²) in [5, 5.41) is 16.6. The summed E-state index contributed by atoms with van der Waals surface area (Å²) in [6.45, 7) is 0.609. The molecule has 2 saturated heterocycles. The van der Waals surface area contributed by atoms with Crippen LogP contribution >= 0.6 is 0 Å². The summed E-state index contributed by atoms with van der Waals surface area (Å²) in [5.74, 6) is -1.59. The van der Waals surface area contributed by atoms with E-state index in [1.807, 2.05) is 0 Å². The third-order valence-electron chi connectivity index (χ3n) is 3.92. The summed E-state index contributed by atoms with van der Waals surface area (Å²) >= 11 is 0. The quantitative estimate of drug-likeness (QED) is 0.163. The van der Waals surface area contributed by atoms with Crippen LogP contribution in [0.4, 0.5) is 0 Å². The van der Waals surface area contributed by atoms with Crippen LogP contribution in [-0.2, 0) is 19.1 Å². The molecule has 0 aromatic rings. The van der Waals surface area contributed by atoms with Crippen molar-refractivity contribution < 1.29 is 24.3 Å². The van der Waals surface area contributed by atoms with Gasteiger partial charge in [-0.05, 0) is 19.3 Å². The number of imide groups is 1. The number of hydrogen-bond donors (Lipinski definition) is 4. The van der Waals surface area contributed by atoms with E-state index in [2.05, 4.69) is 15.8 Å². The lowest BCUT2D eigenvalue weighted by Gasteiger charge is -2.35. The molecule has 116 valence electrons. The zero-order valence-corrected chi connectivity index (χ0v) is 11.4. The van der Waals surface area contributed by atoms with Crippen LogP contribution in [0, 0.1) is 5.41 Å². The highest BCUT2D eigenvalue weighted by atomic mass is 16.5. The smallest absolute Gasteiger partial charge is 0.249 e. The highest BCUT2D eigenvalue weighted by Gasteiger charge is 2.46. The Morgan fingerprint density at radius 2 is 2.10 bits per heavy atom. The Labute approximate surface area is 120 Å². The minimum atomic E-state index is -1.19. The molecule has 9 heteroatoms. The first kappa shape index (κ1) is 15.2. The number of piperidine rings is 1. The zero-order chi connectivity index (χ0) is 15.5. The number of hydrogen-bond acceptors (Lipinski definition) is 6. The number of ether oxygens (including phenoxy) is 1. The molecule has 1 unspecified atom stereocenters. The summed E-state index contributed by atoms with van der Waals surface area (Å²) in [4.78, 5) is 35.3. The van der Waals surface area contributed by atoms with Gasteiger partial charge in [-0.3, -0.25) is 19.7 Å². The molecule has 2 heterocycles. The third-order valence-corrected chi connectivity index (χ3v) is 3.92.